The minimum absolute atomic E-state index is 0.0244. The minimum Gasteiger partial charge on any atom is -0.413 e. The van der Waals surface area contributed by atoms with Crippen molar-refractivity contribution in [3.63, 3.8) is 0 Å². The first-order valence-electron chi connectivity index (χ1n) is 11.6. The van der Waals surface area contributed by atoms with Gasteiger partial charge in [-0.2, -0.15) is 5.26 Å². The smallest absolute Gasteiger partial charge is 0.192 e. The van der Waals surface area contributed by atoms with E-state index >= 15 is 0 Å². The van der Waals surface area contributed by atoms with Gasteiger partial charge in [0.05, 0.1) is 12.2 Å². The SMILES string of the molecule is C=CC1[C@@H](O[Si](C)(C)C(C)(C)C)C[C@H]2C(=O)[C@@]1(C#N)c1cccc3c1c(cn3C)C2(C)C. The molecular weight excluding hydrogens is 412 g/mol. The van der Waals surface area contributed by atoms with Crippen molar-refractivity contribution in [2.75, 3.05) is 0 Å². The summed E-state index contributed by atoms with van der Waals surface area (Å²) in [7, 11) is -0.0966. The highest BCUT2D eigenvalue weighted by molar-refractivity contribution is 6.74. The van der Waals surface area contributed by atoms with E-state index in [4.69, 9.17) is 4.43 Å². The van der Waals surface area contributed by atoms with Crippen LogP contribution in [-0.4, -0.2) is 24.8 Å². The Bertz CT molecular complexity index is 1160. The first-order valence-corrected chi connectivity index (χ1v) is 14.5. The molecule has 1 saturated carbocycles. The first kappa shape index (κ1) is 23.0. The second-order valence-electron chi connectivity index (χ2n) is 11.8. The Morgan fingerprint density at radius 2 is 1.94 bits per heavy atom. The zero-order valence-electron chi connectivity index (χ0n) is 20.7. The summed E-state index contributed by atoms with van der Waals surface area (Å²) in [6, 6.07) is 8.58. The van der Waals surface area contributed by atoms with Crippen molar-refractivity contribution in [2.45, 2.75) is 76.1 Å². The number of hydrogen-bond acceptors (Lipinski definition) is 3. The average Bonchev–Trinajstić information content (AvgIpc) is 3.04. The third-order valence-electron chi connectivity index (χ3n) is 8.76. The summed E-state index contributed by atoms with van der Waals surface area (Å²) in [5, 5.41) is 11.8. The Kier molecular flexibility index (Phi) is 4.97. The van der Waals surface area contributed by atoms with Crippen LogP contribution >= 0.6 is 0 Å². The van der Waals surface area contributed by atoms with E-state index in [1.165, 1.54) is 0 Å². The molecule has 1 fully saturated rings. The number of benzene rings is 1. The molecule has 1 heterocycles. The number of Topliss-reactive ketones (excluding diaryl/α,β-unsaturated/α-hetero) is 1. The van der Waals surface area contributed by atoms with Gasteiger partial charge in [-0.1, -0.05) is 52.8 Å². The topological polar surface area (TPSA) is 55.0 Å². The van der Waals surface area contributed by atoms with Gasteiger partial charge in [0.25, 0.3) is 0 Å². The number of nitrogens with zero attached hydrogens (tertiary/aromatic N) is 2. The van der Waals surface area contributed by atoms with Crippen LogP contribution in [0.15, 0.2) is 37.1 Å². The van der Waals surface area contributed by atoms with Crippen LogP contribution in [0.25, 0.3) is 10.9 Å². The van der Waals surface area contributed by atoms with Crippen molar-refractivity contribution in [2.24, 2.45) is 18.9 Å². The third kappa shape index (κ3) is 2.79. The fourth-order valence-electron chi connectivity index (χ4n) is 5.78. The van der Waals surface area contributed by atoms with Crippen LogP contribution in [0.1, 0.15) is 52.2 Å². The molecule has 1 aromatic carbocycles. The van der Waals surface area contributed by atoms with Gasteiger partial charge in [0, 0.05) is 41.4 Å². The number of rotatable bonds is 3. The van der Waals surface area contributed by atoms with E-state index in [1.807, 2.05) is 25.3 Å². The van der Waals surface area contributed by atoms with E-state index in [9.17, 15) is 10.1 Å². The van der Waals surface area contributed by atoms with Crippen molar-refractivity contribution < 1.29 is 9.22 Å². The summed E-state index contributed by atoms with van der Waals surface area (Å²) in [6.45, 7) is 19.6. The van der Waals surface area contributed by atoms with Gasteiger partial charge in [-0.25, -0.2) is 0 Å². The summed E-state index contributed by atoms with van der Waals surface area (Å²) in [5.41, 5.74) is 1.33. The zero-order valence-corrected chi connectivity index (χ0v) is 21.7. The van der Waals surface area contributed by atoms with Gasteiger partial charge >= 0.3 is 0 Å². The molecule has 0 radical (unpaired) electrons. The Labute approximate surface area is 193 Å². The molecule has 0 N–H and O–H groups in total. The van der Waals surface area contributed by atoms with Gasteiger partial charge in [-0.05, 0) is 41.7 Å². The second-order valence-corrected chi connectivity index (χ2v) is 16.6. The maximum absolute atomic E-state index is 14.2. The van der Waals surface area contributed by atoms with Crippen molar-refractivity contribution in [3.05, 3.63) is 48.2 Å². The van der Waals surface area contributed by atoms with Gasteiger partial charge in [-0.3, -0.25) is 4.79 Å². The van der Waals surface area contributed by atoms with E-state index in [2.05, 4.69) is 77.2 Å². The summed E-state index contributed by atoms with van der Waals surface area (Å²) in [6.07, 6.45) is 4.36. The number of carbonyl (C=O) groups is 1. The number of aromatic nitrogens is 1. The number of aryl methyl sites for hydroxylation is 1. The molecule has 0 saturated heterocycles. The van der Waals surface area contributed by atoms with Crippen molar-refractivity contribution >= 4 is 25.0 Å². The number of fused-ring (bicyclic) bond motifs is 3. The molecule has 0 aliphatic heterocycles. The highest BCUT2D eigenvalue weighted by Gasteiger charge is 2.62. The van der Waals surface area contributed by atoms with E-state index in [0.717, 1.165) is 22.0 Å². The highest BCUT2D eigenvalue weighted by Crippen LogP contribution is 2.57. The molecule has 1 unspecified atom stereocenters. The lowest BCUT2D eigenvalue weighted by Crippen LogP contribution is -2.59. The summed E-state index contributed by atoms with van der Waals surface area (Å²) in [4.78, 5) is 14.2. The van der Waals surface area contributed by atoms with Crippen LogP contribution in [-0.2, 0) is 27.1 Å². The van der Waals surface area contributed by atoms with Crippen LogP contribution in [0.2, 0.25) is 18.1 Å². The highest BCUT2D eigenvalue weighted by atomic mass is 28.4. The quantitative estimate of drug-likeness (QED) is 0.427. The standard InChI is InChI=1S/C27H36N2O2Si/c1-10-17-22(31-32(8,9)25(2,3)4)14-19-24(30)27(17,16-28)18-12-11-13-21-23(18)20(15-29(21)7)26(19,5)6/h10-13,15,17,19,22H,1,14H2,2-9H3/t17?,19-,22-,27+/m0/s1. The van der Waals surface area contributed by atoms with Crippen LogP contribution in [0, 0.1) is 23.2 Å². The van der Waals surface area contributed by atoms with E-state index < -0.39 is 25.1 Å². The number of nitriles is 1. The van der Waals surface area contributed by atoms with Crippen LogP contribution in [0.5, 0.6) is 0 Å². The Morgan fingerprint density at radius 1 is 1.28 bits per heavy atom. The lowest BCUT2D eigenvalue weighted by atomic mass is 9.55. The van der Waals surface area contributed by atoms with Gasteiger partial charge in [0.1, 0.15) is 5.41 Å². The molecule has 1 aromatic heterocycles. The normalized spacial score (nSPS) is 29.5. The van der Waals surface area contributed by atoms with Gasteiger partial charge in [0.2, 0.25) is 0 Å². The van der Waals surface area contributed by atoms with Gasteiger partial charge in [-0.15, -0.1) is 6.58 Å². The predicted molar refractivity (Wildman–Crippen MR) is 132 cm³/mol. The number of ketones is 1. The second kappa shape index (κ2) is 6.92. The molecule has 0 spiro atoms. The molecule has 170 valence electrons. The summed E-state index contributed by atoms with van der Waals surface area (Å²) < 4.78 is 9.09. The Morgan fingerprint density at radius 3 is 2.50 bits per heavy atom. The third-order valence-corrected chi connectivity index (χ3v) is 13.3. The fraction of sp³-hybridized carbons (Fsp3) is 0.556. The maximum atomic E-state index is 14.2. The average molecular weight is 449 g/mol. The van der Waals surface area contributed by atoms with E-state index in [-0.39, 0.29) is 22.8 Å². The van der Waals surface area contributed by atoms with Crippen LogP contribution < -0.4 is 0 Å². The largest absolute Gasteiger partial charge is 0.413 e. The number of hydrogen-bond donors (Lipinski definition) is 0. The summed E-state index contributed by atoms with van der Waals surface area (Å²) in [5.74, 6) is -0.666. The van der Waals surface area contributed by atoms with Crippen LogP contribution in [0.3, 0.4) is 0 Å². The Balaban J connectivity index is 2.04. The molecule has 2 aliphatic carbocycles. The fourth-order valence-corrected chi connectivity index (χ4v) is 7.14. The summed E-state index contributed by atoms with van der Waals surface area (Å²) >= 11 is 0. The monoisotopic (exact) mass is 448 g/mol. The van der Waals surface area contributed by atoms with E-state index in [0.29, 0.717) is 6.42 Å². The zero-order chi connectivity index (χ0) is 23.9. The lowest BCUT2D eigenvalue weighted by Gasteiger charge is -2.50. The minimum atomic E-state index is -2.14. The molecule has 5 heteroatoms. The molecule has 4 rings (SSSR count). The van der Waals surface area contributed by atoms with Crippen LogP contribution in [0.4, 0.5) is 0 Å². The first-order chi connectivity index (χ1) is 14.7. The number of carbonyl (C=O) groups excluding carboxylic acids is 1. The molecule has 4 atom stereocenters. The molecule has 2 aliphatic rings. The van der Waals surface area contributed by atoms with Crippen molar-refractivity contribution in [3.8, 4) is 6.07 Å². The Hall–Kier alpha value is -2.16. The van der Waals surface area contributed by atoms with Crippen molar-refractivity contribution in [1.29, 1.82) is 5.26 Å². The molecule has 2 aromatic rings. The molecule has 2 bridgehead atoms. The predicted octanol–water partition coefficient (Wildman–Crippen LogP) is 6.01. The maximum Gasteiger partial charge on any atom is 0.192 e. The molecular formula is C27H36N2O2Si. The molecule has 32 heavy (non-hydrogen) atoms. The lowest BCUT2D eigenvalue weighted by molar-refractivity contribution is -0.137. The van der Waals surface area contributed by atoms with Gasteiger partial charge < -0.3 is 8.99 Å². The van der Waals surface area contributed by atoms with E-state index in [1.54, 1.807) is 0 Å². The molecule has 0 amide bonds. The van der Waals surface area contributed by atoms with Gasteiger partial charge in [0.15, 0.2) is 14.1 Å². The molecule has 4 nitrogen and oxygen atoms in total. The van der Waals surface area contributed by atoms with Crippen molar-refractivity contribution in [1.82, 2.24) is 4.57 Å².